The number of hydrogen-bond acceptors (Lipinski definition) is 5. The Morgan fingerprint density at radius 2 is 2.07 bits per heavy atom. The van der Waals surface area contributed by atoms with Gasteiger partial charge in [0.05, 0.1) is 17.3 Å². The molecule has 1 aliphatic rings. The van der Waals surface area contributed by atoms with Crippen molar-refractivity contribution in [2.24, 2.45) is 5.73 Å². The topological polar surface area (TPSA) is 114 Å². The number of amides is 1. The van der Waals surface area contributed by atoms with Gasteiger partial charge in [-0.3, -0.25) is 9.89 Å². The van der Waals surface area contributed by atoms with Gasteiger partial charge < -0.3 is 11.1 Å². The van der Waals surface area contributed by atoms with Crippen LogP contribution in [0.5, 0.6) is 0 Å². The van der Waals surface area contributed by atoms with E-state index in [0.29, 0.717) is 29.5 Å². The molecular weight excluding hydrogens is 354 g/mol. The second-order valence-electron chi connectivity index (χ2n) is 6.98. The molecule has 8 nitrogen and oxygen atoms in total. The van der Waals surface area contributed by atoms with Gasteiger partial charge in [0, 0.05) is 29.9 Å². The van der Waals surface area contributed by atoms with Crippen LogP contribution in [0.25, 0.3) is 16.9 Å². The number of hydrogen-bond donors (Lipinski definition) is 3. The van der Waals surface area contributed by atoms with E-state index in [4.69, 9.17) is 5.73 Å². The van der Waals surface area contributed by atoms with Gasteiger partial charge in [-0.1, -0.05) is 0 Å². The van der Waals surface area contributed by atoms with Crippen LogP contribution < -0.4 is 11.1 Å². The van der Waals surface area contributed by atoms with Crippen molar-refractivity contribution in [3.05, 3.63) is 65.7 Å². The third kappa shape index (κ3) is 3.03. The molecule has 0 saturated heterocycles. The van der Waals surface area contributed by atoms with Crippen molar-refractivity contribution in [3.8, 4) is 11.4 Å². The Morgan fingerprint density at radius 3 is 2.82 bits per heavy atom. The fraction of sp³-hybridized carbons (Fsp3) is 0.200. The molecule has 0 atom stereocenters. The minimum Gasteiger partial charge on any atom is -0.326 e. The van der Waals surface area contributed by atoms with Gasteiger partial charge in [0.25, 0.3) is 5.91 Å². The fourth-order valence-electron chi connectivity index (χ4n) is 3.17. The van der Waals surface area contributed by atoms with E-state index in [1.54, 1.807) is 16.9 Å². The average Bonchev–Trinajstić information content (AvgIpc) is 3.30. The summed E-state index contributed by atoms with van der Waals surface area (Å²) < 4.78 is 1.66. The van der Waals surface area contributed by atoms with Crippen LogP contribution in [0, 0.1) is 0 Å². The first-order chi connectivity index (χ1) is 13.7. The van der Waals surface area contributed by atoms with Gasteiger partial charge in [-0.05, 0) is 54.8 Å². The van der Waals surface area contributed by atoms with E-state index in [0.717, 1.165) is 22.5 Å². The second-order valence-corrected chi connectivity index (χ2v) is 6.98. The number of aromatic nitrogens is 5. The zero-order valence-corrected chi connectivity index (χ0v) is 15.1. The van der Waals surface area contributed by atoms with E-state index in [2.05, 4.69) is 25.6 Å². The predicted molar refractivity (Wildman–Crippen MR) is 105 cm³/mol. The number of carbonyl (C=O) groups is 1. The Hall–Kier alpha value is -3.52. The molecule has 8 heteroatoms. The molecule has 3 heterocycles. The highest BCUT2D eigenvalue weighted by Gasteiger charge is 2.27. The molecule has 0 radical (unpaired) electrons. The molecule has 1 amide bonds. The number of benzene rings is 1. The molecular formula is C20H19N7O. The smallest absolute Gasteiger partial charge is 0.259 e. The largest absolute Gasteiger partial charge is 0.326 e. The van der Waals surface area contributed by atoms with Gasteiger partial charge in [0.15, 0.2) is 5.82 Å². The second kappa shape index (κ2) is 6.58. The normalized spacial score (nSPS) is 13.8. The number of nitrogens with two attached hydrogens (primary N) is 1. The van der Waals surface area contributed by atoms with Crippen molar-refractivity contribution in [1.29, 1.82) is 0 Å². The number of fused-ring (bicyclic) bond motifs is 1. The van der Waals surface area contributed by atoms with Crippen LogP contribution in [-0.2, 0) is 6.54 Å². The molecule has 1 aromatic carbocycles. The van der Waals surface area contributed by atoms with Crippen LogP contribution in [0.2, 0.25) is 0 Å². The summed E-state index contributed by atoms with van der Waals surface area (Å²) in [5.41, 5.74) is 9.48. The van der Waals surface area contributed by atoms with Gasteiger partial charge >= 0.3 is 0 Å². The summed E-state index contributed by atoms with van der Waals surface area (Å²) in [6.45, 7) is 0.411. The summed E-state index contributed by atoms with van der Waals surface area (Å²) in [5.74, 6) is 1.95. The Balaban J connectivity index is 1.35. The van der Waals surface area contributed by atoms with Crippen molar-refractivity contribution < 1.29 is 4.79 Å². The molecule has 4 aromatic rings. The van der Waals surface area contributed by atoms with Crippen LogP contribution in [0.4, 0.5) is 5.69 Å². The maximum atomic E-state index is 12.7. The lowest BCUT2D eigenvalue weighted by Gasteiger charge is -2.05. The number of nitrogens with zero attached hydrogens (tertiary/aromatic N) is 4. The first-order valence-electron chi connectivity index (χ1n) is 9.21. The third-order valence-electron chi connectivity index (χ3n) is 4.93. The van der Waals surface area contributed by atoms with E-state index >= 15 is 0 Å². The van der Waals surface area contributed by atoms with Crippen LogP contribution >= 0.6 is 0 Å². The molecule has 140 valence electrons. The summed E-state index contributed by atoms with van der Waals surface area (Å²) in [4.78, 5) is 17.3. The van der Waals surface area contributed by atoms with Gasteiger partial charge in [0.1, 0.15) is 5.82 Å². The highest BCUT2D eigenvalue weighted by atomic mass is 16.1. The lowest BCUT2D eigenvalue weighted by Crippen LogP contribution is -2.11. The third-order valence-corrected chi connectivity index (χ3v) is 4.93. The number of aromatic amines is 1. The van der Waals surface area contributed by atoms with Gasteiger partial charge in [-0.15, -0.1) is 0 Å². The van der Waals surface area contributed by atoms with Crippen LogP contribution in [0.15, 0.2) is 48.8 Å². The van der Waals surface area contributed by atoms with Gasteiger partial charge in [-0.2, -0.15) is 10.2 Å². The summed E-state index contributed by atoms with van der Waals surface area (Å²) >= 11 is 0. The van der Waals surface area contributed by atoms with Gasteiger partial charge in [0.2, 0.25) is 0 Å². The number of anilines is 1. The maximum Gasteiger partial charge on any atom is 0.259 e. The highest BCUT2D eigenvalue weighted by Crippen LogP contribution is 2.38. The monoisotopic (exact) mass is 373 g/mol. The van der Waals surface area contributed by atoms with E-state index in [1.165, 1.54) is 12.8 Å². The van der Waals surface area contributed by atoms with Gasteiger partial charge in [-0.25, -0.2) is 9.50 Å². The number of nitrogens with one attached hydrogen (secondary N) is 2. The summed E-state index contributed by atoms with van der Waals surface area (Å²) in [6.07, 6.45) is 5.72. The molecule has 28 heavy (non-hydrogen) atoms. The molecule has 0 unspecified atom stereocenters. The van der Waals surface area contributed by atoms with Crippen LogP contribution in [0.1, 0.15) is 40.5 Å². The molecule has 4 N–H and O–H groups in total. The van der Waals surface area contributed by atoms with Crippen molar-refractivity contribution in [2.45, 2.75) is 25.3 Å². The van der Waals surface area contributed by atoms with Crippen LogP contribution in [0.3, 0.4) is 0 Å². The number of carbonyl (C=O) groups excluding carboxylic acids is 1. The Labute approximate surface area is 160 Å². The van der Waals surface area contributed by atoms with Crippen molar-refractivity contribution in [2.75, 3.05) is 5.32 Å². The molecule has 1 fully saturated rings. The maximum absolute atomic E-state index is 12.7. The lowest BCUT2D eigenvalue weighted by molar-refractivity contribution is 0.102. The first-order valence-corrected chi connectivity index (χ1v) is 9.21. The fourth-order valence-corrected chi connectivity index (χ4v) is 3.17. The Bertz CT molecular complexity index is 1150. The Kier molecular flexibility index (Phi) is 3.91. The Morgan fingerprint density at radius 1 is 1.25 bits per heavy atom. The summed E-state index contributed by atoms with van der Waals surface area (Å²) in [5, 5.41) is 14.4. The quantitative estimate of drug-likeness (QED) is 0.498. The predicted octanol–water partition coefficient (Wildman–Crippen LogP) is 2.71. The van der Waals surface area contributed by atoms with Crippen LogP contribution in [-0.4, -0.2) is 30.7 Å². The molecule has 0 spiro atoms. The van der Waals surface area contributed by atoms with Crippen molar-refractivity contribution in [1.82, 2.24) is 24.8 Å². The van der Waals surface area contributed by atoms with Crippen molar-refractivity contribution >= 4 is 17.1 Å². The van der Waals surface area contributed by atoms with E-state index < -0.39 is 0 Å². The molecule has 3 aromatic heterocycles. The zero-order chi connectivity index (χ0) is 19.1. The highest BCUT2D eigenvalue weighted by molar-refractivity contribution is 6.08. The zero-order valence-electron chi connectivity index (χ0n) is 15.1. The van der Waals surface area contributed by atoms with E-state index in [-0.39, 0.29) is 5.91 Å². The molecule has 1 saturated carbocycles. The number of rotatable bonds is 5. The summed E-state index contributed by atoms with van der Waals surface area (Å²) in [6, 6.07) is 11.3. The summed E-state index contributed by atoms with van der Waals surface area (Å²) in [7, 11) is 0. The van der Waals surface area contributed by atoms with E-state index in [1.807, 2.05) is 36.4 Å². The molecule has 1 aliphatic carbocycles. The molecule has 0 bridgehead atoms. The minimum absolute atomic E-state index is 0.217. The van der Waals surface area contributed by atoms with Crippen molar-refractivity contribution in [3.63, 3.8) is 0 Å². The lowest BCUT2D eigenvalue weighted by atomic mass is 10.1. The molecule has 0 aliphatic heterocycles. The molecule has 5 rings (SSSR count). The average molecular weight is 373 g/mol. The first kappa shape index (κ1) is 16.6. The van der Waals surface area contributed by atoms with E-state index in [9.17, 15) is 4.79 Å². The standard InChI is InChI=1S/C20H19N7O/c21-10-12-7-8-27-17(9-12)16(11-22-27)20(28)23-15-5-3-14(4-6-15)19-24-18(25-26-19)13-1-2-13/h3-9,11,13H,1-2,10,21H2,(H,23,28)(H,24,25,26). The SMILES string of the molecule is NCc1ccn2ncc(C(=O)Nc3ccc(-c4n[nH]c(C5CC5)n4)cc3)c2c1. The number of H-pyrrole nitrogens is 1. The number of pyridine rings is 1. The minimum atomic E-state index is -0.217.